The summed E-state index contributed by atoms with van der Waals surface area (Å²) in [5.41, 5.74) is 5.26. The van der Waals surface area contributed by atoms with Crippen LogP contribution in [0.1, 0.15) is 29.4 Å². The molecule has 0 bridgehead atoms. The lowest BCUT2D eigenvalue weighted by atomic mass is 10.0. The number of rotatable bonds is 8. The molecule has 0 atom stereocenters. The molecule has 182 valence electrons. The third-order valence-corrected chi connectivity index (χ3v) is 6.70. The highest BCUT2D eigenvalue weighted by Crippen LogP contribution is 2.26. The van der Waals surface area contributed by atoms with Gasteiger partial charge in [0.15, 0.2) is 5.69 Å². The van der Waals surface area contributed by atoms with Gasteiger partial charge >= 0.3 is 0 Å². The summed E-state index contributed by atoms with van der Waals surface area (Å²) in [7, 11) is 0. The third-order valence-electron chi connectivity index (χ3n) is 6.70. The summed E-state index contributed by atoms with van der Waals surface area (Å²) in [5.74, 6) is -0.224. The molecule has 0 spiro atoms. The molecule has 2 aromatic heterocycles. The Labute approximate surface area is 206 Å². The molecule has 2 saturated heterocycles. The van der Waals surface area contributed by atoms with Crippen molar-refractivity contribution in [3.8, 4) is 11.1 Å². The van der Waals surface area contributed by atoms with Crippen LogP contribution in [0.5, 0.6) is 0 Å². The normalized spacial score (nSPS) is 17.7. The van der Waals surface area contributed by atoms with Crippen LogP contribution in [-0.2, 0) is 6.54 Å². The summed E-state index contributed by atoms with van der Waals surface area (Å²) in [6.45, 7) is 10.2. The van der Waals surface area contributed by atoms with E-state index in [4.69, 9.17) is 0 Å². The Balaban J connectivity index is 1.30. The van der Waals surface area contributed by atoms with Crippen molar-refractivity contribution >= 4 is 16.8 Å². The van der Waals surface area contributed by atoms with Gasteiger partial charge in [-0.1, -0.05) is 18.2 Å². The van der Waals surface area contributed by atoms with E-state index in [2.05, 4.69) is 47.8 Å². The van der Waals surface area contributed by atoms with E-state index in [1.807, 2.05) is 49.7 Å². The number of H-pyrrole nitrogens is 1. The van der Waals surface area contributed by atoms with Crippen LogP contribution in [0, 0.1) is 0 Å². The summed E-state index contributed by atoms with van der Waals surface area (Å²) in [4.78, 5) is 22.4. The first-order valence-electron chi connectivity index (χ1n) is 12.4. The van der Waals surface area contributed by atoms with Gasteiger partial charge in [-0.25, -0.2) is 0 Å². The average Bonchev–Trinajstić information content (AvgIpc) is 3.30. The molecule has 2 aliphatic heterocycles. The van der Waals surface area contributed by atoms with Crippen LogP contribution >= 0.6 is 0 Å². The smallest absolute Gasteiger partial charge is 0.276 e. The zero-order valence-corrected chi connectivity index (χ0v) is 20.3. The summed E-state index contributed by atoms with van der Waals surface area (Å²) < 4.78 is 0. The Kier molecular flexibility index (Phi) is 7.32. The number of hydrogen-bond acceptors (Lipinski definition) is 6. The van der Waals surface area contributed by atoms with E-state index in [-0.39, 0.29) is 5.91 Å². The number of pyridine rings is 1. The Morgan fingerprint density at radius 1 is 1.09 bits per heavy atom. The molecule has 0 radical (unpaired) electrons. The number of aromatic amines is 1. The highest BCUT2D eigenvalue weighted by molar-refractivity contribution is 6.06. The van der Waals surface area contributed by atoms with Crippen molar-refractivity contribution < 1.29 is 4.79 Å². The maximum Gasteiger partial charge on any atom is 0.276 e. The van der Waals surface area contributed by atoms with Gasteiger partial charge in [0, 0.05) is 68.3 Å². The molecule has 0 saturated carbocycles. The number of allylic oxidation sites excluding steroid dienone is 2. The molecule has 0 unspecified atom stereocenters. The van der Waals surface area contributed by atoms with Crippen molar-refractivity contribution in [3.63, 3.8) is 0 Å². The number of carbonyl (C=O) groups is 1. The van der Waals surface area contributed by atoms with Crippen LogP contribution in [0.2, 0.25) is 0 Å². The first kappa shape index (κ1) is 23.4. The second kappa shape index (κ2) is 10.9. The topological polar surface area (TPSA) is 89.2 Å². The van der Waals surface area contributed by atoms with Crippen LogP contribution in [0.15, 0.2) is 60.6 Å². The van der Waals surface area contributed by atoms with Crippen molar-refractivity contribution in [3.05, 3.63) is 71.8 Å². The Morgan fingerprint density at radius 3 is 2.71 bits per heavy atom. The fraction of sp³-hybridized carbons (Fsp3) is 0.370. The zero-order valence-electron chi connectivity index (χ0n) is 20.3. The van der Waals surface area contributed by atoms with Gasteiger partial charge in [0.1, 0.15) is 0 Å². The zero-order chi connectivity index (χ0) is 24.0. The molecule has 4 heterocycles. The highest BCUT2D eigenvalue weighted by atomic mass is 16.2. The third kappa shape index (κ3) is 5.67. The molecule has 35 heavy (non-hydrogen) atoms. The number of nitrogens with zero attached hydrogens (tertiary/aromatic N) is 4. The molecule has 1 aromatic carbocycles. The van der Waals surface area contributed by atoms with Gasteiger partial charge in [-0.3, -0.25) is 24.7 Å². The van der Waals surface area contributed by atoms with Crippen LogP contribution in [0.25, 0.3) is 22.0 Å². The van der Waals surface area contributed by atoms with Gasteiger partial charge in [0.05, 0.1) is 5.52 Å². The number of benzene rings is 1. The summed E-state index contributed by atoms with van der Waals surface area (Å²) >= 11 is 0. The van der Waals surface area contributed by atoms with E-state index in [1.165, 1.54) is 12.0 Å². The molecule has 3 N–H and O–H groups in total. The predicted octanol–water partition coefficient (Wildman–Crippen LogP) is 2.93. The van der Waals surface area contributed by atoms with Crippen molar-refractivity contribution in [2.45, 2.75) is 19.9 Å². The van der Waals surface area contributed by atoms with Crippen molar-refractivity contribution in [1.82, 2.24) is 35.6 Å². The van der Waals surface area contributed by atoms with E-state index >= 15 is 0 Å². The average molecular weight is 472 g/mol. The molecule has 2 fully saturated rings. The SMILES string of the molecule is C/C=C(\C=C/CN1CCNCC1)NC(=O)c1n[nH]c2ccc(-c3cncc(CN4CCC4)c3)cc12. The minimum absolute atomic E-state index is 0.224. The highest BCUT2D eigenvalue weighted by Gasteiger charge is 2.17. The lowest BCUT2D eigenvalue weighted by molar-refractivity contribution is 0.0963. The first-order valence-corrected chi connectivity index (χ1v) is 12.4. The quantitative estimate of drug-likeness (QED) is 0.438. The maximum atomic E-state index is 13.1. The van der Waals surface area contributed by atoms with Crippen LogP contribution in [0.4, 0.5) is 0 Å². The van der Waals surface area contributed by atoms with E-state index in [1.54, 1.807) is 0 Å². The summed E-state index contributed by atoms with van der Waals surface area (Å²) in [5, 5.41) is 14.5. The second-order valence-corrected chi connectivity index (χ2v) is 9.20. The lowest BCUT2D eigenvalue weighted by Gasteiger charge is -2.30. The van der Waals surface area contributed by atoms with Gasteiger partial charge in [-0.05, 0) is 61.8 Å². The Bertz CT molecular complexity index is 1240. The lowest BCUT2D eigenvalue weighted by Crippen LogP contribution is -2.43. The number of hydrogen-bond donors (Lipinski definition) is 3. The standard InChI is InChI=1S/C27H33N7O/c1-2-23(5-3-10-33-13-8-28-9-14-33)30-27(35)26-24-16-21(6-7-25(24)31-32-26)22-15-20(17-29-18-22)19-34-11-4-12-34/h2-3,5-7,15-18,28H,4,8-14,19H2,1H3,(H,30,35)(H,31,32)/b5-3-,23-2+. The summed E-state index contributed by atoms with van der Waals surface area (Å²) in [6.07, 6.45) is 11.1. The van der Waals surface area contributed by atoms with Gasteiger partial charge in [-0.15, -0.1) is 0 Å². The molecule has 2 aliphatic rings. The first-order chi connectivity index (χ1) is 17.2. The Morgan fingerprint density at radius 2 is 1.94 bits per heavy atom. The van der Waals surface area contributed by atoms with E-state index < -0.39 is 0 Å². The van der Waals surface area contributed by atoms with Crippen molar-refractivity contribution in [2.75, 3.05) is 45.8 Å². The van der Waals surface area contributed by atoms with Crippen molar-refractivity contribution in [2.24, 2.45) is 0 Å². The molecule has 8 heteroatoms. The molecule has 0 aliphatic carbocycles. The Hall–Kier alpha value is -3.33. The number of nitrogens with one attached hydrogen (secondary N) is 3. The molecule has 8 nitrogen and oxygen atoms in total. The van der Waals surface area contributed by atoms with Crippen LogP contribution < -0.4 is 10.6 Å². The van der Waals surface area contributed by atoms with E-state index in [0.29, 0.717) is 5.69 Å². The molecule has 3 aromatic rings. The number of amides is 1. The van der Waals surface area contributed by atoms with Gasteiger partial charge in [-0.2, -0.15) is 5.10 Å². The van der Waals surface area contributed by atoms with Gasteiger partial charge in [0.2, 0.25) is 0 Å². The maximum absolute atomic E-state index is 13.1. The largest absolute Gasteiger partial charge is 0.321 e. The number of fused-ring (bicyclic) bond motifs is 1. The summed E-state index contributed by atoms with van der Waals surface area (Å²) in [6, 6.07) is 8.23. The predicted molar refractivity (Wildman–Crippen MR) is 139 cm³/mol. The van der Waals surface area contributed by atoms with Crippen LogP contribution in [0.3, 0.4) is 0 Å². The monoisotopic (exact) mass is 471 g/mol. The number of aromatic nitrogens is 3. The second-order valence-electron chi connectivity index (χ2n) is 9.20. The fourth-order valence-electron chi connectivity index (χ4n) is 4.52. The fourth-order valence-corrected chi connectivity index (χ4v) is 4.52. The molecular weight excluding hydrogens is 438 g/mol. The van der Waals surface area contributed by atoms with Gasteiger partial charge < -0.3 is 10.6 Å². The minimum atomic E-state index is -0.224. The number of carbonyl (C=O) groups excluding carboxylic acids is 1. The van der Waals surface area contributed by atoms with Gasteiger partial charge in [0.25, 0.3) is 5.91 Å². The van der Waals surface area contributed by atoms with E-state index in [9.17, 15) is 4.79 Å². The number of likely N-dealkylation sites (tertiary alicyclic amines) is 1. The van der Waals surface area contributed by atoms with Crippen molar-refractivity contribution in [1.29, 1.82) is 0 Å². The van der Waals surface area contributed by atoms with E-state index in [0.717, 1.165) is 80.1 Å². The molecule has 1 amide bonds. The molecular formula is C27H33N7O. The van der Waals surface area contributed by atoms with Crippen LogP contribution in [-0.4, -0.2) is 76.7 Å². The minimum Gasteiger partial charge on any atom is -0.321 e. The number of piperazine rings is 1. The molecule has 5 rings (SSSR count).